The van der Waals surface area contributed by atoms with Crippen molar-refractivity contribution in [2.75, 3.05) is 13.1 Å². The Bertz CT molecular complexity index is 520. The molecule has 1 aliphatic heterocycles. The summed E-state index contributed by atoms with van der Waals surface area (Å²) in [5.74, 6) is 0. The first-order valence-electron chi connectivity index (χ1n) is 6.99. The fraction of sp³-hybridized carbons (Fsp3) is 0.571. The molecule has 4 nitrogen and oxygen atoms in total. The van der Waals surface area contributed by atoms with E-state index >= 15 is 0 Å². The van der Waals surface area contributed by atoms with Gasteiger partial charge in [0.2, 0.25) is 0 Å². The van der Waals surface area contributed by atoms with Crippen LogP contribution in [-0.2, 0) is 16.8 Å². The molecule has 3 rings (SSSR count). The molecule has 1 saturated carbocycles. The van der Waals surface area contributed by atoms with Gasteiger partial charge in [0.05, 0.1) is 0 Å². The van der Waals surface area contributed by atoms with Crippen LogP contribution >= 0.6 is 0 Å². The standard InChI is InChI=1S/C14H20N2O2S/c17-19(18,15-10-4-5-11-15)16(14-8-9-14)12-13-6-2-1-3-7-13/h1-3,6-7,14H,4-5,8-12H2. The van der Waals surface area contributed by atoms with Crippen molar-refractivity contribution in [2.45, 2.75) is 38.3 Å². The van der Waals surface area contributed by atoms with Crippen molar-refractivity contribution in [3.8, 4) is 0 Å². The number of rotatable bonds is 5. The van der Waals surface area contributed by atoms with Gasteiger partial charge in [-0.3, -0.25) is 0 Å². The molecule has 0 unspecified atom stereocenters. The second kappa shape index (κ2) is 5.23. The highest BCUT2D eigenvalue weighted by atomic mass is 32.2. The average molecular weight is 280 g/mol. The van der Waals surface area contributed by atoms with Crippen LogP contribution in [0.2, 0.25) is 0 Å². The molecule has 0 bridgehead atoms. The molecule has 1 heterocycles. The van der Waals surface area contributed by atoms with E-state index in [1.165, 1.54) is 0 Å². The molecule has 1 saturated heterocycles. The van der Waals surface area contributed by atoms with Gasteiger partial charge >= 0.3 is 0 Å². The number of benzene rings is 1. The third kappa shape index (κ3) is 2.83. The Balaban J connectivity index is 1.81. The molecule has 19 heavy (non-hydrogen) atoms. The van der Waals surface area contributed by atoms with Crippen molar-refractivity contribution < 1.29 is 8.42 Å². The molecular weight excluding hydrogens is 260 g/mol. The quantitative estimate of drug-likeness (QED) is 0.827. The van der Waals surface area contributed by atoms with E-state index in [9.17, 15) is 8.42 Å². The third-order valence-electron chi connectivity index (χ3n) is 3.82. The first-order chi connectivity index (χ1) is 9.18. The third-order valence-corrected chi connectivity index (χ3v) is 5.86. The molecule has 0 radical (unpaired) electrons. The summed E-state index contributed by atoms with van der Waals surface area (Å²) >= 11 is 0. The minimum Gasteiger partial charge on any atom is -0.195 e. The van der Waals surface area contributed by atoms with E-state index in [0.29, 0.717) is 19.6 Å². The topological polar surface area (TPSA) is 40.6 Å². The van der Waals surface area contributed by atoms with Crippen LogP contribution in [0, 0.1) is 0 Å². The van der Waals surface area contributed by atoms with Crippen LogP contribution in [0.15, 0.2) is 30.3 Å². The lowest BCUT2D eigenvalue weighted by Crippen LogP contribution is -2.43. The van der Waals surface area contributed by atoms with Gasteiger partial charge in [-0.25, -0.2) is 0 Å². The van der Waals surface area contributed by atoms with E-state index in [0.717, 1.165) is 31.2 Å². The molecule has 1 aromatic rings. The summed E-state index contributed by atoms with van der Waals surface area (Å²) in [5.41, 5.74) is 1.07. The maximum atomic E-state index is 12.7. The second-order valence-corrected chi connectivity index (χ2v) is 7.26. The van der Waals surface area contributed by atoms with Crippen LogP contribution in [0.3, 0.4) is 0 Å². The van der Waals surface area contributed by atoms with E-state index in [-0.39, 0.29) is 6.04 Å². The molecule has 0 N–H and O–H groups in total. The first-order valence-corrected chi connectivity index (χ1v) is 8.38. The maximum absolute atomic E-state index is 12.7. The maximum Gasteiger partial charge on any atom is 0.282 e. The van der Waals surface area contributed by atoms with Gasteiger partial charge in [0.15, 0.2) is 0 Å². The Morgan fingerprint density at radius 1 is 1.11 bits per heavy atom. The average Bonchev–Trinajstić information content (AvgIpc) is 3.09. The van der Waals surface area contributed by atoms with Gasteiger partial charge in [-0.2, -0.15) is 17.0 Å². The normalized spacial score (nSPS) is 21.1. The summed E-state index contributed by atoms with van der Waals surface area (Å²) in [5, 5.41) is 0. The predicted molar refractivity (Wildman–Crippen MR) is 74.7 cm³/mol. The van der Waals surface area contributed by atoms with Gasteiger partial charge in [0.1, 0.15) is 0 Å². The largest absolute Gasteiger partial charge is 0.282 e. The van der Waals surface area contributed by atoms with Gasteiger partial charge in [-0.05, 0) is 31.2 Å². The van der Waals surface area contributed by atoms with E-state index in [4.69, 9.17) is 0 Å². The van der Waals surface area contributed by atoms with Gasteiger partial charge < -0.3 is 0 Å². The van der Waals surface area contributed by atoms with Crippen molar-refractivity contribution in [3.63, 3.8) is 0 Å². The summed E-state index contributed by atoms with van der Waals surface area (Å²) in [4.78, 5) is 0. The smallest absolute Gasteiger partial charge is 0.195 e. The number of hydrogen-bond acceptors (Lipinski definition) is 2. The number of nitrogens with zero attached hydrogens (tertiary/aromatic N) is 2. The number of hydrogen-bond donors (Lipinski definition) is 0. The monoisotopic (exact) mass is 280 g/mol. The molecule has 0 atom stereocenters. The molecule has 1 aliphatic carbocycles. The summed E-state index contributed by atoms with van der Waals surface area (Å²) in [6.07, 6.45) is 3.98. The van der Waals surface area contributed by atoms with Gasteiger partial charge in [0, 0.05) is 25.7 Å². The minimum atomic E-state index is -3.27. The molecule has 0 aromatic heterocycles. The predicted octanol–water partition coefficient (Wildman–Crippen LogP) is 1.99. The fourth-order valence-electron chi connectivity index (χ4n) is 2.59. The van der Waals surface area contributed by atoms with Crippen LogP contribution in [0.4, 0.5) is 0 Å². The van der Waals surface area contributed by atoms with Gasteiger partial charge in [-0.1, -0.05) is 30.3 Å². The van der Waals surface area contributed by atoms with Crippen LogP contribution in [0.25, 0.3) is 0 Å². The first kappa shape index (κ1) is 13.1. The highest BCUT2D eigenvalue weighted by Gasteiger charge is 2.40. The Morgan fingerprint density at radius 3 is 2.32 bits per heavy atom. The second-order valence-electron chi connectivity index (χ2n) is 5.38. The molecule has 2 fully saturated rings. The van der Waals surface area contributed by atoms with Crippen molar-refractivity contribution in [3.05, 3.63) is 35.9 Å². The van der Waals surface area contributed by atoms with E-state index in [1.807, 2.05) is 30.3 Å². The van der Waals surface area contributed by atoms with E-state index in [1.54, 1.807) is 8.61 Å². The Hall–Kier alpha value is -0.910. The summed E-state index contributed by atoms with van der Waals surface area (Å²) in [7, 11) is -3.27. The summed E-state index contributed by atoms with van der Waals surface area (Å²) in [6.45, 7) is 1.87. The molecular formula is C14H20N2O2S. The fourth-order valence-corrected chi connectivity index (χ4v) is 4.51. The minimum absolute atomic E-state index is 0.214. The zero-order valence-corrected chi connectivity index (χ0v) is 11.8. The molecule has 5 heteroatoms. The van der Waals surface area contributed by atoms with E-state index < -0.39 is 10.2 Å². The van der Waals surface area contributed by atoms with Crippen molar-refractivity contribution in [1.29, 1.82) is 0 Å². The highest BCUT2D eigenvalue weighted by Crippen LogP contribution is 2.33. The van der Waals surface area contributed by atoms with Crippen LogP contribution < -0.4 is 0 Å². The zero-order valence-electron chi connectivity index (χ0n) is 11.0. The SMILES string of the molecule is O=S(=O)(N1CCCC1)N(Cc1ccccc1)C1CC1. The molecule has 0 amide bonds. The van der Waals surface area contributed by atoms with Gasteiger partial charge in [0.25, 0.3) is 10.2 Å². The van der Waals surface area contributed by atoms with Gasteiger partial charge in [-0.15, -0.1) is 0 Å². The van der Waals surface area contributed by atoms with Crippen LogP contribution in [-0.4, -0.2) is 36.2 Å². The molecule has 0 spiro atoms. The van der Waals surface area contributed by atoms with Crippen LogP contribution in [0.1, 0.15) is 31.2 Å². The van der Waals surface area contributed by atoms with Crippen LogP contribution in [0.5, 0.6) is 0 Å². The summed E-state index contributed by atoms with van der Waals surface area (Å²) in [6, 6.07) is 10.1. The van der Waals surface area contributed by atoms with Crippen molar-refractivity contribution in [1.82, 2.24) is 8.61 Å². The summed E-state index contributed by atoms with van der Waals surface area (Å²) < 4.78 is 28.7. The van der Waals surface area contributed by atoms with E-state index in [2.05, 4.69) is 0 Å². The Morgan fingerprint density at radius 2 is 1.74 bits per heavy atom. The molecule has 104 valence electrons. The molecule has 1 aromatic carbocycles. The van der Waals surface area contributed by atoms with Crippen molar-refractivity contribution >= 4 is 10.2 Å². The lowest BCUT2D eigenvalue weighted by Gasteiger charge is -2.27. The Labute approximate surface area is 115 Å². The highest BCUT2D eigenvalue weighted by molar-refractivity contribution is 7.86. The Kier molecular flexibility index (Phi) is 3.60. The molecule has 2 aliphatic rings. The zero-order chi connectivity index (χ0) is 13.3. The lowest BCUT2D eigenvalue weighted by atomic mass is 10.2. The van der Waals surface area contributed by atoms with Crippen molar-refractivity contribution in [2.24, 2.45) is 0 Å². The lowest BCUT2D eigenvalue weighted by molar-refractivity contribution is 0.349.